The molecular formula is C28H27N5O2S. The number of aromatic amines is 1. The summed E-state index contributed by atoms with van der Waals surface area (Å²) in [4.78, 5) is 7.81. The van der Waals surface area contributed by atoms with Crippen LogP contribution in [0.15, 0.2) is 78.1 Å². The van der Waals surface area contributed by atoms with E-state index in [1.807, 2.05) is 36.5 Å². The van der Waals surface area contributed by atoms with E-state index in [0.29, 0.717) is 29.2 Å². The third-order valence-electron chi connectivity index (χ3n) is 6.79. The molecule has 0 atom stereocenters. The average Bonchev–Trinajstić information content (AvgIpc) is 3.40. The number of benzene rings is 2. The van der Waals surface area contributed by atoms with Gasteiger partial charge in [-0.2, -0.15) is 9.57 Å². The molecule has 0 amide bonds. The van der Waals surface area contributed by atoms with Gasteiger partial charge in [0, 0.05) is 53.8 Å². The van der Waals surface area contributed by atoms with Crippen molar-refractivity contribution in [2.24, 2.45) is 5.92 Å². The van der Waals surface area contributed by atoms with Crippen molar-refractivity contribution in [3.63, 3.8) is 0 Å². The maximum Gasteiger partial charge on any atom is 0.243 e. The van der Waals surface area contributed by atoms with Gasteiger partial charge in [0.25, 0.3) is 0 Å². The molecule has 1 fully saturated rings. The lowest BCUT2D eigenvalue weighted by Crippen LogP contribution is -2.38. The molecule has 3 heterocycles. The lowest BCUT2D eigenvalue weighted by atomic mass is 9.96. The summed E-state index contributed by atoms with van der Waals surface area (Å²) >= 11 is 0. The molecule has 4 aromatic rings. The number of piperidine rings is 1. The van der Waals surface area contributed by atoms with Gasteiger partial charge in [0.1, 0.15) is 6.07 Å². The topological polar surface area (TPSA) is 102 Å². The molecule has 0 bridgehead atoms. The van der Waals surface area contributed by atoms with Crippen molar-refractivity contribution in [1.29, 1.82) is 5.26 Å². The Kier molecular flexibility index (Phi) is 6.59. The predicted molar refractivity (Wildman–Crippen MR) is 142 cm³/mol. The Balaban J connectivity index is 1.33. The van der Waals surface area contributed by atoms with E-state index in [9.17, 15) is 13.7 Å². The fourth-order valence-corrected chi connectivity index (χ4v) is 6.16. The summed E-state index contributed by atoms with van der Waals surface area (Å²) in [6, 6.07) is 16.9. The summed E-state index contributed by atoms with van der Waals surface area (Å²) in [5.74, 6) is 0.240. The van der Waals surface area contributed by atoms with Gasteiger partial charge < -0.3 is 10.3 Å². The number of sulfonamides is 1. The van der Waals surface area contributed by atoms with E-state index in [1.54, 1.807) is 41.0 Å². The number of rotatable bonds is 6. The zero-order valence-corrected chi connectivity index (χ0v) is 20.8. The number of allylic oxidation sites excluding steroid dienone is 1. The van der Waals surface area contributed by atoms with Gasteiger partial charge in [-0.25, -0.2) is 8.42 Å². The highest BCUT2D eigenvalue weighted by molar-refractivity contribution is 7.89. The van der Waals surface area contributed by atoms with Gasteiger partial charge in [-0.1, -0.05) is 30.4 Å². The first-order valence-corrected chi connectivity index (χ1v) is 13.4. The van der Waals surface area contributed by atoms with Crippen molar-refractivity contribution in [3.05, 3.63) is 89.9 Å². The van der Waals surface area contributed by atoms with Gasteiger partial charge in [-0.3, -0.25) is 4.98 Å². The molecule has 1 aliphatic rings. The second-order valence-electron chi connectivity index (χ2n) is 8.98. The van der Waals surface area contributed by atoms with Crippen molar-refractivity contribution in [2.75, 3.05) is 18.4 Å². The van der Waals surface area contributed by atoms with E-state index >= 15 is 0 Å². The number of H-pyrrole nitrogens is 1. The summed E-state index contributed by atoms with van der Waals surface area (Å²) in [6.45, 7) is 3.01. The van der Waals surface area contributed by atoms with Crippen LogP contribution in [0.25, 0.3) is 17.0 Å². The molecular weight excluding hydrogens is 470 g/mol. The van der Waals surface area contributed by atoms with Crippen molar-refractivity contribution in [1.82, 2.24) is 14.3 Å². The SMILES string of the molecule is Cc1c(Nc2c(C#N)cncc2C=CC2CCN(S(=O)(=O)c3ccccc3)CC2)ccc2[nH]ccc12. The summed E-state index contributed by atoms with van der Waals surface area (Å²) in [7, 11) is -3.47. The highest BCUT2D eigenvalue weighted by atomic mass is 32.2. The van der Waals surface area contributed by atoms with Crippen LogP contribution in [0, 0.1) is 24.2 Å². The average molecular weight is 498 g/mol. The summed E-state index contributed by atoms with van der Waals surface area (Å²) in [6.07, 6.45) is 10.8. The molecule has 0 radical (unpaired) electrons. The largest absolute Gasteiger partial charge is 0.361 e. The van der Waals surface area contributed by atoms with Crippen LogP contribution in [0.4, 0.5) is 11.4 Å². The quantitative estimate of drug-likeness (QED) is 0.361. The number of anilines is 2. The number of hydrogen-bond acceptors (Lipinski definition) is 5. The van der Waals surface area contributed by atoms with E-state index in [2.05, 4.69) is 34.4 Å². The first kappa shape index (κ1) is 23.8. The number of pyridine rings is 1. The molecule has 0 spiro atoms. The number of nitriles is 1. The minimum Gasteiger partial charge on any atom is -0.361 e. The van der Waals surface area contributed by atoms with Gasteiger partial charge in [-0.15, -0.1) is 0 Å². The molecule has 5 rings (SSSR count). The Labute approximate surface area is 211 Å². The molecule has 0 unspecified atom stereocenters. The molecule has 2 N–H and O–H groups in total. The Morgan fingerprint density at radius 3 is 2.64 bits per heavy atom. The van der Waals surface area contributed by atoms with Crippen LogP contribution in [0.2, 0.25) is 0 Å². The van der Waals surface area contributed by atoms with Crippen molar-refractivity contribution < 1.29 is 8.42 Å². The van der Waals surface area contributed by atoms with Crippen molar-refractivity contribution in [3.8, 4) is 6.07 Å². The zero-order valence-electron chi connectivity index (χ0n) is 20.0. The first-order chi connectivity index (χ1) is 17.5. The zero-order chi connectivity index (χ0) is 25.1. The van der Waals surface area contributed by atoms with Crippen molar-refractivity contribution in [2.45, 2.75) is 24.7 Å². The molecule has 7 nitrogen and oxygen atoms in total. The van der Waals surface area contributed by atoms with Gasteiger partial charge in [0.2, 0.25) is 10.0 Å². The van der Waals surface area contributed by atoms with E-state index in [1.165, 1.54) is 0 Å². The van der Waals surface area contributed by atoms with Gasteiger partial charge in [-0.05, 0) is 61.6 Å². The smallest absolute Gasteiger partial charge is 0.243 e. The molecule has 8 heteroatoms. The Morgan fingerprint density at radius 2 is 1.89 bits per heavy atom. The minimum atomic E-state index is -3.47. The predicted octanol–water partition coefficient (Wildman–Crippen LogP) is 5.60. The summed E-state index contributed by atoms with van der Waals surface area (Å²) < 4.78 is 27.4. The maximum absolute atomic E-state index is 12.9. The second kappa shape index (κ2) is 9.97. The van der Waals surface area contributed by atoms with E-state index in [-0.39, 0.29) is 5.92 Å². The van der Waals surface area contributed by atoms with Crippen LogP contribution in [-0.2, 0) is 10.0 Å². The fraction of sp³-hybridized carbons (Fsp3) is 0.214. The number of nitrogens with zero attached hydrogens (tertiary/aromatic N) is 3. The van der Waals surface area contributed by atoms with Crippen LogP contribution in [0.3, 0.4) is 0 Å². The lowest BCUT2D eigenvalue weighted by molar-refractivity contribution is 0.306. The Hall–Kier alpha value is -3.93. The van der Waals surface area contributed by atoms with Crippen LogP contribution < -0.4 is 5.32 Å². The van der Waals surface area contributed by atoms with E-state index < -0.39 is 10.0 Å². The van der Waals surface area contributed by atoms with Gasteiger partial charge in [0.15, 0.2) is 0 Å². The molecule has 0 aliphatic carbocycles. The molecule has 2 aromatic carbocycles. The van der Waals surface area contributed by atoms with Crippen LogP contribution >= 0.6 is 0 Å². The molecule has 1 aliphatic heterocycles. The number of aromatic nitrogens is 2. The van der Waals surface area contributed by atoms with Gasteiger partial charge >= 0.3 is 0 Å². The summed E-state index contributed by atoms with van der Waals surface area (Å²) in [5.41, 5.74) is 5.09. The number of hydrogen-bond donors (Lipinski definition) is 2. The molecule has 0 saturated carbocycles. The standard InChI is InChI=1S/C28H27N5O2S/c1-20-25-11-14-31-27(25)10-9-26(20)32-28-22(18-30-19-23(28)17-29)8-7-21-12-15-33(16-13-21)36(34,35)24-5-3-2-4-6-24/h2-11,14,18-19,21,31H,12-13,15-16H2,1H3,(H,30,32). The number of nitrogens with one attached hydrogen (secondary N) is 2. The fourth-order valence-electron chi connectivity index (χ4n) is 4.67. The molecule has 1 saturated heterocycles. The number of fused-ring (bicyclic) bond motifs is 1. The van der Waals surface area contributed by atoms with E-state index in [0.717, 1.165) is 40.6 Å². The normalized spacial score (nSPS) is 15.3. The molecule has 36 heavy (non-hydrogen) atoms. The Bertz CT molecular complexity index is 1560. The van der Waals surface area contributed by atoms with Crippen LogP contribution in [0.5, 0.6) is 0 Å². The summed E-state index contributed by atoms with van der Waals surface area (Å²) in [5, 5.41) is 14.3. The Morgan fingerprint density at radius 1 is 1.11 bits per heavy atom. The maximum atomic E-state index is 12.9. The van der Waals surface area contributed by atoms with E-state index in [4.69, 9.17) is 0 Å². The van der Waals surface area contributed by atoms with Crippen LogP contribution in [0.1, 0.15) is 29.5 Å². The highest BCUT2D eigenvalue weighted by Crippen LogP contribution is 2.32. The highest BCUT2D eigenvalue weighted by Gasteiger charge is 2.28. The van der Waals surface area contributed by atoms with Crippen LogP contribution in [-0.4, -0.2) is 35.8 Å². The molecule has 182 valence electrons. The van der Waals surface area contributed by atoms with Crippen molar-refractivity contribution >= 4 is 38.4 Å². The monoisotopic (exact) mass is 497 g/mol. The first-order valence-electron chi connectivity index (χ1n) is 11.9. The minimum absolute atomic E-state index is 0.240. The second-order valence-corrected chi connectivity index (χ2v) is 10.9. The number of aryl methyl sites for hydroxylation is 1. The van der Waals surface area contributed by atoms with Gasteiger partial charge in [0.05, 0.1) is 16.1 Å². The third kappa shape index (κ3) is 4.63. The lowest BCUT2D eigenvalue weighted by Gasteiger charge is -2.30. The third-order valence-corrected chi connectivity index (χ3v) is 8.70. The molecule has 2 aromatic heterocycles.